The Kier molecular flexibility index (Phi) is 4.48. The number of pyridine rings is 1. The summed E-state index contributed by atoms with van der Waals surface area (Å²) < 4.78 is 0. The fourth-order valence-electron chi connectivity index (χ4n) is 2.01. The number of aryl methyl sites for hydroxylation is 2. The number of aromatic nitrogens is 1. The second-order valence-electron chi connectivity index (χ2n) is 4.81. The van der Waals surface area contributed by atoms with Gasteiger partial charge in [0.15, 0.2) is 0 Å². The van der Waals surface area contributed by atoms with E-state index in [0.717, 1.165) is 25.0 Å². The molecule has 0 radical (unpaired) electrons. The van der Waals surface area contributed by atoms with Crippen LogP contribution in [0.5, 0.6) is 0 Å². The van der Waals surface area contributed by atoms with Crippen LogP contribution in [0.1, 0.15) is 23.2 Å². The van der Waals surface area contributed by atoms with Gasteiger partial charge in [-0.25, -0.2) is 0 Å². The highest BCUT2D eigenvalue weighted by Crippen LogP contribution is 2.08. The van der Waals surface area contributed by atoms with Crippen LogP contribution in [0.4, 0.5) is 0 Å². The summed E-state index contributed by atoms with van der Waals surface area (Å²) in [6, 6.07) is 14.8. The summed E-state index contributed by atoms with van der Waals surface area (Å²) >= 11 is 0. The van der Waals surface area contributed by atoms with Crippen LogP contribution in [0, 0.1) is 6.92 Å². The first-order valence-electron chi connectivity index (χ1n) is 6.45. The lowest BCUT2D eigenvalue weighted by molar-refractivity contribution is 0.605. The van der Waals surface area contributed by atoms with Gasteiger partial charge in [0.25, 0.3) is 0 Å². The van der Waals surface area contributed by atoms with Crippen molar-refractivity contribution in [3.8, 4) is 0 Å². The molecule has 1 aromatic heterocycles. The average Bonchev–Trinajstić information content (AvgIpc) is 2.40. The molecule has 18 heavy (non-hydrogen) atoms. The van der Waals surface area contributed by atoms with E-state index in [4.69, 9.17) is 5.73 Å². The molecule has 2 nitrogen and oxygen atoms in total. The van der Waals surface area contributed by atoms with Crippen molar-refractivity contribution < 1.29 is 0 Å². The van der Waals surface area contributed by atoms with Crippen LogP contribution in [0.3, 0.4) is 0 Å². The normalized spacial score (nSPS) is 12.3. The zero-order valence-corrected chi connectivity index (χ0v) is 10.8. The number of benzene rings is 1. The molecule has 0 aliphatic heterocycles. The van der Waals surface area contributed by atoms with E-state index in [1.54, 1.807) is 0 Å². The Hall–Kier alpha value is -1.67. The summed E-state index contributed by atoms with van der Waals surface area (Å²) in [5.74, 6) is 0. The molecule has 94 valence electrons. The van der Waals surface area contributed by atoms with Gasteiger partial charge >= 0.3 is 0 Å². The Bertz CT molecular complexity index is 462. The third kappa shape index (κ3) is 3.97. The van der Waals surface area contributed by atoms with E-state index in [-0.39, 0.29) is 6.04 Å². The molecular formula is C16H20N2. The standard InChI is InChI=1S/C16H20N2/c1-13-5-7-14(8-6-13)12-15(17)9-10-16-4-2-3-11-18-16/h2-8,11,15H,9-10,12,17H2,1H3. The van der Waals surface area contributed by atoms with Crippen molar-refractivity contribution >= 4 is 0 Å². The second kappa shape index (κ2) is 6.31. The molecule has 2 rings (SSSR count). The highest BCUT2D eigenvalue weighted by atomic mass is 14.7. The van der Waals surface area contributed by atoms with Crippen molar-refractivity contribution in [3.05, 3.63) is 65.5 Å². The largest absolute Gasteiger partial charge is 0.327 e. The molecule has 1 atom stereocenters. The molecule has 2 aromatic rings. The summed E-state index contributed by atoms with van der Waals surface area (Å²) in [7, 11) is 0. The smallest absolute Gasteiger partial charge is 0.0404 e. The van der Waals surface area contributed by atoms with E-state index in [1.165, 1.54) is 11.1 Å². The third-order valence-electron chi connectivity index (χ3n) is 3.12. The molecule has 0 saturated carbocycles. The topological polar surface area (TPSA) is 38.9 Å². The van der Waals surface area contributed by atoms with Gasteiger partial charge in [0.2, 0.25) is 0 Å². The van der Waals surface area contributed by atoms with Crippen molar-refractivity contribution in [2.75, 3.05) is 0 Å². The first-order valence-corrected chi connectivity index (χ1v) is 6.45. The second-order valence-corrected chi connectivity index (χ2v) is 4.81. The minimum Gasteiger partial charge on any atom is -0.327 e. The molecule has 0 saturated heterocycles. The zero-order chi connectivity index (χ0) is 12.8. The van der Waals surface area contributed by atoms with E-state index in [2.05, 4.69) is 42.2 Å². The van der Waals surface area contributed by atoms with Gasteiger partial charge < -0.3 is 5.73 Å². The Morgan fingerprint density at radius 2 is 1.89 bits per heavy atom. The maximum atomic E-state index is 6.16. The minimum absolute atomic E-state index is 0.203. The minimum atomic E-state index is 0.203. The fourth-order valence-corrected chi connectivity index (χ4v) is 2.01. The zero-order valence-electron chi connectivity index (χ0n) is 10.8. The fraction of sp³-hybridized carbons (Fsp3) is 0.312. The van der Waals surface area contributed by atoms with Crippen molar-refractivity contribution in [1.82, 2.24) is 4.98 Å². The summed E-state index contributed by atoms with van der Waals surface area (Å²) in [4.78, 5) is 4.31. The summed E-state index contributed by atoms with van der Waals surface area (Å²) in [6.07, 6.45) is 4.70. The molecule has 1 unspecified atom stereocenters. The first-order chi connectivity index (χ1) is 8.74. The molecule has 1 aromatic carbocycles. The highest BCUT2D eigenvalue weighted by molar-refractivity contribution is 5.22. The van der Waals surface area contributed by atoms with Crippen molar-refractivity contribution in [2.45, 2.75) is 32.2 Å². The van der Waals surface area contributed by atoms with Crippen molar-refractivity contribution in [2.24, 2.45) is 5.73 Å². The van der Waals surface area contributed by atoms with Crippen LogP contribution in [-0.4, -0.2) is 11.0 Å². The van der Waals surface area contributed by atoms with Gasteiger partial charge in [0.05, 0.1) is 0 Å². The number of nitrogens with zero attached hydrogens (tertiary/aromatic N) is 1. The first kappa shape index (κ1) is 12.8. The quantitative estimate of drug-likeness (QED) is 0.872. The molecule has 2 N–H and O–H groups in total. The maximum Gasteiger partial charge on any atom is 0.0404 e. The predicted molar refractivity (Wildman–Crippen MR) is 75.4 cm³/mol. The highest BCUT2D eigenvalue weighted by Gasteiger charge is 2.05. The Morgan fingerprint density at radius 3 is 2.56 bits per heavy atom. The van der Waals surface area contributed by atoms with E-state index in [9.17, 15) is 0 Å². The molecule has 0 spiro atoms. The van der Waals surface area contributed by atoms with E-state index in [0.29, 0.717) is 0 Å². The Balaban J connectivity index is 1.82. The monoisotopic (exact) mass is 240 g/mol. The molecule has 0 amide bonds. The van der Waals surface area contributed by atoms with Crippen LogP contribution >= 0.6 is 0 Å². The van der Waals surface area contributed by atoms with Crippen molar-refractivity contribution in [3.63, 3.8) is 0 Å². The lowest BCUT2D eigenvalue weighted by atomic mass is 10.0. The van der Waals surface area contributed by atoms with Gasteiger partial charge in [-0.05, 0) is 43.9 Å². The number of hydrogen-bond acceptors (Lipinski definition) is 2. The molecule has 0 bridgehead atoms. The Labute approximate surface area is 109 Å². The number of hydrogen-bond donors (Lipinski definition) is 1. The lowest BCUT2D eigenvalue weighted by Crippen LogP contribution is -2.23. The van der Waals surface area contributed by atoms with E-state index in [1.807, 2.05) is 18.3 Å². The Morgan fingerprint density at radius 1 is 1.11 bits per heavy atom. The summed E-state index contributed by atoms with van der Waals surface area (Å²) in [5.41, 5.74) is 9.89. The van der Waals surface area contributed by atoms with Gasteiger partial charge in [-0.15, -0.1) is 0 Å². The summed E-state index contributed by atoms with van der Waals surface area (Å²) in [6.45, 7) is 2.10. The van der Waals surface area contributed by atoms with Crippen LogP contribution in [0.25, 0.3) is 0 Å². The maximum absolute atomic E-state index is 6.16. The van der Waals surface area contributed by atoms with Gasteiger partial charge in [0, 0.05) is 17.9 Å². The number of rotatable bonds is 5. The number of nitrogens with two attached hydrogens (primary N) is 1. The van der Waals surface area contributed by atoms with E-state index < -0.39 is 0 Å². The average molecular weight is 240 g/mol. The molecule has 0 aliphatic carbocycles. The SMILES string of the molecule is Cc1ccc(CC(N)CCc2ccccn2)cc1. The van der Waals surface area contributed by atoms with Crippen molar-refractivity contribution in [1.29, 1.82) is 0 Å². The molecule has 2 heteroatoms. The van der Waals surface area contributed by atoms with Gasteiger partial charge in [-0.3, -0.25) is 4.98 Å². The van der Waals surface area contributed by atoms with Gasteiger partial charge in [-0.1, -0.05) is 35.9 Å². The molecule has 0 aliphatic rings. The van der Waals surface area contributed by atoms with Crippen LogP contribution in [0.15, 0.2) is 48.7 Å². The van der Waals surface area contributed by atoms with Crippen LogP contribution in [0.2, 0.25) is 0 Å². The molecule has 0 fully saturated rings. The lowest BCUT2D eigenvalue weighted by Gasteiger charge is -2.11. The molecular weight excluding hydrogens is 220 g/mol. The van der Waals surface area contributed by atoms with Gasteiger partial charge in [0.1, 0.15) is 0 Å². The third-order valence-corrected chi connectivity index (χ3v) is 3.12. The van der Waals surface area contributed by atoms with Gasteiger partial charge in [-0.2, -0.15) is 0 Å². The van der Waals surface area contributed by atoms with Crippen LogP contribution < -0.4 is 5.73 Å². The van der Waals surface area contributed by atoms with E-state index >= 15 is 0 Å². The predicted octanol–water partition coefficient (Wildman–Crippen LogP) is 2.89. The molecule has 1 heterocycles. The van der Waals surface area contributed by atoms with Crippen LogP contribution in [-0.2, 0) is 12.8 Å². The summed E-state index contributed by atoms with van der Waals surface area (Å²) in [5, 5.41) is 0.